The van der Waals surface area contributed by atoms with Crippen molar-refractivity contribution in [1.82, 2.24) is 0 Å². The van der Waals surface area contributed by atoms with Crippen molar-refractivity contribution in [3.63, 3.8) is 0 Å². The van der Waals surface area contributed by atoms with Crippen LogP contribution >= 0.6 is 0 Å². The fourth-order valence-electron chi connectivity index (χ4n) is 5.18. The van der Waals surface area contributed by atoms with E-state index in [4.69, 9.17) is 23.3 Å². The molecule has 0 radical (unpaired) electrons. The summed E-state index contributed by atoms with van der Waals surface area (Å²) < 4.78 is 108. The molecule has 0 atom stereocenters. The Labute approximate surface area is 345 Å². The van der Waals surface area contributed by atoms with Gasteiger partial charge in [0.05, 0.1) is 55.7 Å². The molecule has 15 N–H and O–H groups in total. The highest BCUT2D eigenvalue weighted by Gasteiger charge is 2.24. The van der Waals surface area contributed by atoms with Crippen molar-refractivity contribution in [2.24, 2.45) is 40.9 Å². The molecular formula is C34H31N13O11S3. The molecule has 316 valence electrons. The van der Waals surface area contributed by atoms with Crippen LogP contribution in [0.25, 0.3) is 10.8 Å². The average Bonchev–Trinajstić information content (AvgIpc) is 3.15. The van der Waals surface area contributed by atoms with Gasteiger partial charge in [-0.3, -0.25) is 8.42 Å². The Hall–Kier alpha value is -6.89. The SMILES string of the molecule is Nc1c(N=Nc2ccc(N=Nc3ccc([NH3+])cc3[NH3+])cc2)c(S(=O)(=O)[O-])cc2cc(S(=O)(=O)[O-])c(N=Nc3ccc(N=Nc4ccc([NH3+])cc4[NH3+])cc3)c(O)c12.O=S(=O)([O-])[O-]. The van der Waals surface area contributed by atoms with Crippen LogP contribution in [0.1, 0.15) is 0 Å². The number of hydrogen-bond acceptors (Lipinski definition) is 20. The lowest BCUT2D eigenvalue weighted by Gasteiger charge is -2.18. The summed E-state index contributed by atoms with van der Waals surface area (Å²) in [5.41, 5.74) is 24.7. The lowest BCUT2D eigenvalue weighted by molar-refractivity contribution is -0.266. The maximum Gasteiger partial charge on any atom is 0.161 e. The van der Waals surface area contributed by atoms with Crippen molar-refractivity contribution in [1.29, 1.82) is 0 Å². The smallest absolute Gasteiger partial charge is 0.161 e. The van der Waals surface area contributed by atoms with Gasteiger partial charge in [0.25, 0.3) is 0 Å². The second kappa shape index (κ2) is 18.2. The fourth-order valence-corrected chi connectivity index (χ4v) is 6.48. The Morgan fingerprint density at radius 2 is 0.803 bits per heavy atom. The number of benzene rings is 6. The highest BCUT2D eigenvalue weighted by Crippen LogP contribution is 2.48. The van der Waals surface area contributed by atoms with Crippen LogP contribution in [0.3, 0.4) is 0 Å². The van der Waals surface area contributed by atoms with Gasteiger partial charge < -0.3 is 52.0 Å². The Kier molecular flexibility index (Phi) is 13.5. The molecule has 6 aromatic rings. The predicted molar refractivity (Wildman–Crippen MR) is 209 cm³/mol. The summed E-state index contributed by atoms with van der Waals surface area (Å²) in [6.07, 6.45) is 0. The Bertz CT molecular complexity index is 2930. The maximum absolute atomic E-state index is 12.4. The molecule has 0 amide bonds. The van der Waals surface area contributed by atoms with Crippen LogP contribution in [0.5, 0.6) is 5.75 Å². The van der Waals surface area contributed by atoms with E-state index in [2.05, 4.69) is 63.8 Å². The van der Waals surface area contributed by atoms with E-state index in [1.165, 1.54) is 36.4 Å². The van der Waals surface area contributed by atoms with Crippen molar-refractivity contribution in [2.45, 2.75) is 9.79 Å². The Morgan fingerprint density at radius 3 is 1.15 bits per heavy atom. The molecule has 24 nitrogen and oxygen atoms in total. The van der Waals surface area contributed by atoms with Gasteiger partial charge in [0, 0.05) is 22.5 Å². The summed E-state index contributed by atoms with van der Waals surface area (Å²) in [6, 6.07) is 23.9. The lowest BCUT2D eigenvalue weighted by atomic mass is 10.1. The maximum atomic E-state index is 12.4. The molecule has 0 aliphatic heterocycles. The van der Waals surface area contributed by atoms with E-state index < -0.39 is 68.6 Å². The summed E-state index contributed by atoms with van der Waals surface area (Å²) >= 11 is 0. The van der Waals surface area contributed by atoms with E-state index in [9.17, 15) is 31.0 Å². The highest BCUT2D eigenvalue weighted by molar-refractivity contribution is 7.86. The third-order valence-electron chi connectivity index (χ3n) is 7.92. The molecule has 0 aliphatic carbocycles. The van der Waals surface area contributed by atoms with Crippen molar-refractivity contribution in [3.8, 4) is 5.75 Å². The number of anilines is 1. The number of aromatic hydroxyl groups is 1. The average molecular weight is 894 g/mol. The van der Waals surface area contributed by atoms with Gasteiger partial charge in [-0.25, -0.2) is 16.8 Å². The van der Waals surface area contributed by atoms with Crippen LogP contribution in [0.15, 0.2) is 148 Å². The van der Waals surface area contributed by atoms with Crippen molar-refractivity contribution in [3.05, 3.63) is 97.1 Å². The van der Waals surface area contributed by atoms with Crippen LogP contribution in [0, 0.1) is 0 Å². The minimum absolute atomic E-state index is 0.152. The minimum Gasteiger partial charge on any atom is -0.759 e. The third kappa shape index (κ3) is 12.1. The molecule has 61 heavy (non-hydrogen) atoms. The van der Waals surface area contributed by atoms with Crippen LogP contribution in [-0.4, -0.2) is 48.6 Å². The van der Waals surface area contributed by atoms with E-state index in [1.54, 1.807) is 48.5 Å². The van der Waals surface area contributed by atoms with Gasteiger partial charge in [0.2, 0.25) is 0 Å². The van der Waals surface area contributed by atoms with Gasteiger partial charge in [-0.15, -0.1) is 20.5 Å². The van der Waals surface area contributed by atoms with Gasteiger partial charge in [-0.1, -0.05) is 0 Å². The molecule has 6 aromatic carbocycles. The topological polar surface area (TPSA) is 450 Å². The summed E-state index contributed by atoms with van der Waals surface area (Å²) in [4.78, 5) is -2.07. The van der Waals surface area contributed by atoms with E-state index in [-0.39, 0.29) is 16.8 Å². The van der Waals surface area contributed by atoms with Crippen LogP contribution in [-0.2, 0) is 30.6 Å². The molecule has 0 aliphatic rings. The second-order valence-electron chi connectivity index (χ2n) is 12.4. The molecule has 0 saturated carbocycles. The first-order chi connectivity index (χ1) is 28.5. The van der Waals surface area contributed by atoms with Crippen molar-refractivity contribution < 1.29 is 71.5 Å². The Balaban J connectivity index is 0.00000133. The molecule has 27 heteroatoms. The van der Waals surface area contributed by atoms with Gasteiger partial charge in [-0.05, 0) is 78.2 Å². The van der Waals surface area contributed by atoms with Crippen LogP contribution < -0.4 is 28.7 Å². The van der Waals surface area contributed by atoms with Crippen LogP contribution in [0.4, 0.5) is 73.9 Å². The number of azo groups is 4. The summed E-state index contributed by atoms with van der Waals surface area (Å²) in [7, 11) is -15.9. The largest absolute Gasteiger partial charge is 0.759 e. The minimum atomic E-state index is -5.37. The number of nitrogen functional groups attached to an aromatic ring is 1. The summed E-state index contributed by atoms with van der Waals surface area (Å²) in [6.45, 7) is 0. The number of rotatable bonds is 10. The van der Waals surface area contributed by atoms with Gasteiger partial charge >= 0.3 is 0 Å². The van der Waals surface area contributed by atoms with E-state index in [1.807, 2.05) is 0 Å². The van der Waals surface area contributed by atoms with Crippen molar-refractivity contribution >= 4 is 115 Å². The van der Waals surface area contributed by atoms with E-state index in [0.29, 0.717) is 34.1 Å². The number of fused-ring (bicyclic) bond motifs is 1. The summed E-state index contributed by atoms with van der Waals surface area (Å²) in [5.74, 6) is -0.961. The number of nitrogens with two attached hydrogens (primary N) is 1. The molecular weight excluding hydrogens is 863 g/mol. The Morgan fingerprint density at radius 1 is 0.475 bits per heavy atom. The zero-order chi connectivity index (χ0) is 44.9. The standard InChI is InChI=1S/C34H29N13O7S2.H2O4S/c35-18-1-11-26(24(37)15-18)44-40-20-3-7-22(8-4-20)42-46-32-28(55(49,50)51)13-17-14-29(56(52,53)54)33(34(48)30(17)31(32)39)47-43-23-9-5-21(6-10-23)41-45-27-12-2-19(36)16-25(27)38;1-5(2,3)4/h1-16,48H,35-39H2,(H,49,50,51)(H,52,53,54);(H2,1,2,3,4). The first kappa shape index (κ1) is 45.2. The molecule has 0 spiro atoms. The predicted octanol–water partition coefficient (Wildman–Crippen LogP) is 3.75. The normalized spacial score (nSPS) is 12.5. The number of quaternary nitrogens is 4. The quantitative estimate of drug-likeness (QED) is 0.0496. The highest BCUT2D eigenvalue weighted by atomic mass is 32.3. The first-order valence-corrected chi connectivity index (χ1v) is 20.8. The van der Waals surface area contributed by atoms with Gasteiger partial charge in [-0.2, -0.15) is 20.5 Å². The number of phenols is 1. The third-order valence-corrected chi connectivity index (χ3v) is 9.62. The zero-order valence-corrected chi connectivity index (χ0v) is 33.4. The molecule has 0 fully saturated rings. The molecule has 0 heterocycles. The molecule has 0 bridgehead atoms. The van der Waals surface area contributed by atoms with E-state index in [0.717, 1.165) is 23.5 Å². The lowest BCUT2D eigenvalue weighted by Crippen LogP contribution is -2.44. The zero-order valence-electron chi connectivity index (χ0n) is 31.0. The molecule has 0 unspecified atom stereocenters. The molecule has 0 aromatic heterocycles. The van der Waals surface area contributed by atoms with Gasteiger partial charge in [0.15, 0.2) is 17.1 Å². The van der Waals surface area contributed by atoms with Crippen molar-refractivity contribution in [2.75, 3.05) is 5.73 Å². The summed E-state index contributed by atoms with van der Waals surface area (Å²) in [5, 5.41) is 42.9. The van der Waals surface area contributed by atoms with E-state index >= 15 is 0 Å². The molecule has 0 saturated heterocycles. The number of nitrogens with zero attached hydrogens (tertiary/aromatic N) is 8. The number of phenolic OH excluding ortho intramolecular Hbond substituents is 1. The second-order valence-corrected chi connectivity index (χ2v) is 15.9. The van der Waals surface area contributed by atoms with Gasteiger partial charge in [0.1, 0.15) is 54.4 Å². The van der Waals surface area contributed by atoms with Crippen LogP contribution in [0.2, 0.25) is 0 Å². The number of hydrogen-bond donors (Lipinski definition) is 6. The first-order valence-electron chi connectivity index (χ1n) is 16.6. The molecule has 6 rings (SSSR count). The monoisotopic (exact) mass is 893 g/mol. The fraction of sp³-hybridized carbons (Fsp3) is 0.